The average Bonchev–Trinajstić information content (AvgIpc) is 2.17. The molecule has 0 aliphatic carbocycles. The Labute approximate surface area is 72.0 Å². The second kappa shape index (κ2) is 3.70. The molecule has 12 heavy (non-hydrogen) atoms. The van der Waals surface area contributed by atoms with E-state index in [2.05, 4.69) is 12.3 Å². The van der Waals surface area contributed by atoms with Gasteiger partial charge in [0, 0.05) is 11.1 Å². The van der Waals surface area contributed by atoms with Crippen LogP contribution >= 0.6 is 0 Å². The molecule has 0 aliphatic rings. The number of Topliss-reactive ketones (excluding diaryl/α,β-unsaturated/α-hetero) is 1. The van der Waals surface area contributed by atoms with E-state index in [9.17, 15) is 4.79 Å². The zero-order chi connectivity index (χ0) is 8.97. The molecule has 0 fully saturated rings. The highest BCUT2D eigenvalue weighted by molar-refractivity contribution is 6.08. The Hall–Kier alpha value is -1.59. The zero-order valence-electron chi connectivity index (χ0n) is 7.00. The molecule has 0 bridgehead atoms. The van der Waals surface area contributed by atoms with Gasteiger partial charge in [-0.25, -0.2) is 0 Å². The van der Waals surface area contributed by atoms with Crippen LogP contribution in [0.15, 0.2) is 48.2 Å². The molecule has 1 aromatic carbocycles. The van der Waals surface area contributed by atoms with Crippen LogP contribution in [0, 0.1) is 0 Å². The van der Waals surface area contributed by atoms with E-state index in [0.717, 1.165) is 0 Å². The van der Waals surface area contributed by atoms with E-state index in [1.54, 1.807) is 19.1 Å². The lowest BCUT2D eigenvalue weighted by molar-refractivity contribution is 0.103. The topological polar surface area (TPSA) is 17.1 Å². The van der Waals surface area contributed by atoms with Crippen molar-refractivity contribution >= 4 is 5.78 Å². The molecule has 0 heterocycles. The molecule has 0 spiro atoms. The van der Waals surface area contributed by atoms with Crippen LogP contribution < -0.4 is 0 Å². The van der Waals surface area contributed by atoms with Crippen molar-refractivity contribution in [3.05, 3.63) is 53.8 Å². The van der Waals surface area contributed by atoms with E-state index in [1.807, 2.05) is 18.2 Å². The van der Waals surface area contributed by atoms with Crippen molar-refractivity contribution in [2.45, 2.75) is 6.92 Å². The highest BCUT2D eigenvalue weighted by Gasteiger charge is 2.04. The molecule has 1 aromatic rings. The van der Waals surface area contributed by atoms with Crippen LogP contribution in [-0.2, 0) is 0 Å². The number of hydrogen-bond donors (Lipinski definition) is 0. The summed E-state index contributed by atoms with van der Waals surface area (Å²) in [6.07, 6.45) is 0. The fourth-order valence-corrected chi connectivity index (χ4v) is 0.886. The van der Waals surface area contributed by atoms with Gasteiger partial charge in [-0.05, 0) is 6.92 Å². The summed E-state index contributed by atoms with van der Waals surface area (Å²) in [6.45, 7) is 5.13. The van der Waals surface area contributed by atoms with E-state index in [1.165, 1.54) is 0 Å². The Kier molecular flexibility index (Phi) is 2.62. The summed E-state index contributed by atoms with van der Waals surface area (Å²) >= 11 is 0. The first kappa shape index (κ1) is 8.51. The molecule has 0 atom stereocenters. The van der Waals surface area contributed by atoms with Crippen LogP contribution in [-0.4, -0.2) is 5.78 Å². The van der Waals surface area contributed by atoms with Gasteiger partial charge in [0.25, 0.3) is 0 Å². The van der Waals surface area contributed by atoms with Gasteiger partial charge in [0.15, 0.2) is 5.78 Å². The van der Waals surface area contributed by atoms with Gasteiger partial charge < -0.3 is 0 Å². The Morgan fingerprint density at radius 3 is 2.42 bits per heavy atom. The standard InChI is InChI=1S/C11H10O/c1-3-9(2)11(12)10-7-5-4-6-8-10/h4-8H,1H2,2H3. The number of allylic oxidation sites excluding steroid dienone is 1. The fraction of sp³-hybridized carbons (Fsp3) is 0.0909. The van der Waals surface area contributed by atoms with Gasteiger partial charge in [-0.2, -0.15) is 0 Å². The summed E-state index contributed by atoms with van der Waals surface area (Å²) in [4.78, 5) is 11.4. The molecule has 1 nitrogen and oxygen atoms in total. The van der Waals surface area contributed by atoms with Crippen molar-refractivity contribution in [2.75, 3.05) is 0 Å². The SMILES string of the molecule is C=C=C(C)C(=O)c1ccccc1. The smallest absolute Gasteiger partial charge is 0.196 e. The third-order valence-corrected chi connectivity index (χ3v) is 1.64. The first-order chi connectivity index (χ1) is 5.75. The van der Waals surface area contributed by atoms with Crippen LogP contribution in [0.5, 0.6) is 0 Å². The van der Waals surface area contributed by atoms with Crippen LogP contribution in [0.2, 0.25) is 0 Å². The largest absolute Gasteiger partial charge is 0.288 e. The highest BCUT2D eigenvalue weighted by atomic mass is 16.1. The third kappa shape index (κ3) is 1.71. The van der Waals surface area contributed by atoms with Crippen LogP contribution in [0.1, 0.15) is 17.3 Å². The van der Waals surface area contributed by atoms with E-state index < -0.39 is 0 Å². The van der Waals surface area contributed by atoms with Gasteiger partial charge in [0.2, 0.25) is 0 Å². The zero-order valence-corrected chi connectivity index (χ0v) is 7.00. The van der Waals surface area contributed by atoms with Gasteiger partial charge in [0.05, 0.1) is 0 Å². The summed E-state index contributed by atoms with van der Waals surface area (Å²) in [5.74, 6) is -0.00870. The normalized spacial score (nSPS) is 8.75. The van der Waals surface area contributed by atoms with Gasteiger partial charge in [-0.1, -0.05) is 36.9 Å². The quantitative estimate of drug-likeness (QED) is 0.367. The number of carbonyl (C=O) groups is 1. The molecular formula is C11H10O. The van der Waals surface area contributed by atoms with Crippen LogP contribution in [0.4, 0.5) is 0 Å². The monoisotopic (exact) mass is 158 g/mol. The lowest BCUT2D eigenvalue weighted by Gasteiger charge is -1.96. The Morgan fingerprint density at radius 2 is 1.92 bits per heavy atom. The van der Waals surface area contributed by atoms with E-state index in [4.69, 9.17) is 0 Å². The molecule has 1 heteroatoms. The Bertz CT molecular complexity index is 329. The van der Waals surface area contributed by atoms with Crippen LogP contribution in [0.25, 0.3) is 0 Å². The minimum atomic E-state index is -0.00870. The molecule has 0 aromatic heterocycles. The predicted molar refractivity (Wildman–Crippen MR) is 49.1 cm³/mol. The lowest BCUT2D eigenvalue weighted by atomic mass is 10.1. The van der Waals surface area contributed by atoms with Gasteiger partial charge in [-0.15, -0.1) is 5.73 Å². The average molecular weight is 158 g/mol. The summed E-state index contributed by atoms with van der Waals surface area (Å²) in [5.41, 5.74) is 3.82. The predicted octanol–water partition coefficient (Wildman–Crippen LogP) is 2.60. The van der Waals surface area contributed by atoms with E-state index >= 15 is 0 Å². The van der Waals surface area contributed by atoms with Gasteiger partial charge >= 0.3 is 0 Å². The molecule has 0 unspecified atom stereocenters. The first-order valence-electron chi connectivity index (χ1n) is 3.72. The molecule has 0 amide bonds. The van der Waals surface area contributed by atoms with E-state index in [0.29, 0.717) is 11.1 Å². The van der Waals surface area contributed by atoms with Crippen molar-refractivity contribution in [3.8, 4) is 0 Å². The molecule has 0 saturated carbocycles. The minimum absolute atomic E-state index is 0.00870. The maximum atomic E-state index is 11.4. The Balaban J connectivity index is 3.02. The van der Waals surface area contributed by atoms with Crippen molar-refractivity contribution in [1.82, 2.24) is 0 Å². The second-order valence-electron chi connectivity index (χ2n) is 2.50. The summed E-state index contributed by atoms with van der Waals surface area (Å²) < 4.78 is 0. The molecule has 1 rings (SSSR count). The van der Waals surface area contributed by atoms with Gasteiger partial charge in [0.1, 0.15) is 0 Å². The number of ketones is 1. The molecule has 0 aliphatic heterocycles. The first-order valence-corrected chi connectivity index (χ1v) is 3.72. The van der Waals surface area contributed by atoms with Crippen molar-refractivity contribution in [3.63, 3.8) is 0 Å². The number of rotatable bonds is 2. The minimum Gasteiger partial charge on any atom is -0.288 e. The van der Waals surface area contributed by atoms with Crippen LogP contribution in [0.3, 0.4) is 0 Å². The van der Waals surface area contributed by atoms with Crippen molar-refractivity contribution in [2.24, 2.45) is 0 Å². The fourth-order valence-electron chi connectivity index (χ4n) is 0.886. The molecular weight excluding hydrogens is 148 g/mol. The maximum Gasteiger partial charge on any atom is 0.196 e. The number of benzene rings is 1. The molecule has 0 saturated heterocycles. The maximum absolute atomic E-state index is 11.4. The summed E-state index contributed by atoms with van der Waals surface area (Å²) in [6, 6.07) is 9.11. The lowest BCUT2D eigenvalue weighted by Crippen LogP contribution is -1.98. The van der Waals surface area contributed by atoms with Crippen molar-refractivity contribution in [1.29, 1.82) is 0 Å². The number of hydrogen-bond acceptors (Lipinski definition) is 1. The molecule has 0 radical (unpaired) electrons. The van der Waals surface area contributed by atoms with Crippen molar-refractivity contribution < 1.29 is 4.79 Å². The molecule has 60 valence electrons. The second-order valence-corrected chi connectivity index (χ2v) is 2.50. The third-order valence-electron chi connectivity index (χ3n) is 1.64. The Morgan fingerprint density at radius 1 is 1.33 bits per heavy atom. The number of carbonyl (C=O) groups excluding carboxylic acids is 1. The van der Waals surface area contributed by atoms with Gasteiger partial charge in [-0.3, -0.25) is 4.79 Å². The molecule has 0 N–H and O–H groups in total. The summed E-state index contributed by atoms with van der Waals surface area (Å²) in [7, 11) is 0. The highest BCUT2D eigenvalue weighted by Crippen LogP contribution is 2.05. The summed E-state index contributed by atoms with van der Waals surface area (Å²) in [5, 5.41) is 0. The van der Waals surface area contributed by atoms with E-state index in [-0.39, 0.29) is 5.78 Å².